The highest BCUT2D eigenvalue weighted by atomic mass is 19.2. The Bertz CT molecular complexity index is 401. The van der Waals surface area contributed by atoms with Crippen LogP contribution in [0.4, 0.5) is 8.63 Å². The number of halogens is 2. The zero-order valence-electron chi connectivity index (χ0n) is 8.48. The van der Waals surface area contributed by atoms with Gasteiger partial charge in [0.1, 0.15) is 5.75 Å². The van der Waals surface area contributed by atoms with Crippen molar-refractivity contribution in [3.8, 4) is 5.75 Å². The molecule has 0 bridgehead atoms. The van der Waals surface area contributed by atoms with Gasteiger partial charge in [0.2, 0.25) is 0 Å². The van der Waals surface area contributed by atoms with Gasteiger partial charge in [0.15, 0.2) is 5.78 Å². The fourth-order valence-corrected chi connectivity index (χ4v) is 1.07. The minimum atomic E-state index is -2.94. The number of carbonyl (C=O) groups excluding carboxylic acids is 1. The van der Waals surface area contributed by atoms with Crippen molar-refractivity contribution in [2.75, 3.05) is 0 Å². The molecule has 0 fully saturated rings. The summed E-state index contributed by atoms with van der Waals surface area (Å²) in [7, 11) is -2.94. The minimum Gasteiger partial charge on any atom is -0.509 e. The van der Waals surface area contributed by atoms with E-state index in [9.17, 15) is 13.4 Å². The number of phenolic OH excluding ortho intramolecular Hbond substituents is 1. The molecule has 0 aromatic heterocycles. The minimum absolute atomic E-state index is 0.0288. The number of phenols is 1. The number of hydrogen-bond acceptors (Lipinski definition) is 3. The molecule has 0 unspecified atom stereocenters. The largest absolute Gasteiger partial charge is 0.796 e. The summed E-state index contributed by atoms with van der Waals surface area (Å²) in [4.78, 5) is 11.5. The normalized spacial score (nSPS) is 11.1. The van der Waals surface area contributed by atoms with E-state index in [1.165, 1.54) is 31.2 Å². The third-order valence-electron chi connectivity index (χ3n) is 1.76. The lowest BCUT2D eigenvalue weighted by atomic mass is 10.1. The highest BCUT2D eigenvalue weighted by molar-refractivity contribution is 6.34. The van der Waals surface area contributed by atoms with Crippen molar-refractivity contribution in [3.63, 3.8) is 0 Å². The molecule has 0 saturated heterocycles. The summed E-state index contributed by atoms with van der Waals surface area (Å²) >= 11 is 0. The Kier molecular flexibility index (Phi) is 4.05. The Morgan fingerprint density at radius 3 is 2.44 bits per heavy atom. The first-order valence-electron chi connectivity index (χ1n) is 4.45. The maximum atomic E-state index is 11.8. The number of ketones is 1. The molecule has 0 heterocycles. The van der Waals surface area contributed by atoms with Crippen molar-refractivity contribution in [2.45, 2.75) is 6.92 Å². The van der Waals surface area contributed by atoms with Crippen LogP contribution < -0.4 is 0 Å². The Morgan fingerprint density at radius 2 is 1.94 bits per heavy atom. The molecule has 1 rings (SSSR count). The standard InChI is InChI=1S/C10H9BF2O3/c1-7(16-11(12)13)6-10(15)8-2-4-9(14)5-3-8/h2-6,14H,1H3/b7-6-. The highest BCUT2D eigenvalue weighted by Crippen LogP contribution is 2.11. The van der Waals surface area contributed by atoms with Crippen LogP contribution in [-0.4, -0.2) is 18.4 Å². The number of hydrogen-bond donors (Lipinski definition) is 1. The summed E-state index contributed by atoms with van der Waals surface area (Å²) in [5.41, 5.74) is 0.287. The van der Waals surface area contributed by atoms with Gasteiger partial charge < -0.3 is 9.76 Å². The van der Waals surface area contributed by atoms with Crippen molar-refractivity contribution >= 4 is 13.3 Å². The van der Waals surface area contributed by atoms with E-state index in [4.69, 9.17) is 5.11 Å². The number of benzene rings is 1. The van der Waals surface area contributed by atoms with Crippen molar-refractivity contribution in [2.24, 2.45) is 0 Å². The first kappa shape index (κ1) is 12.2. The van der Waals surface area contributed by atoms with E-state index < -0.39 is 13.3 Å². The second-order valence-electron chi connectivity index (χ2n) is 3.04. The topological polar surface area (TPSA) is 46.5 Å². The van der Waals surface area contributed by atoms with Crippen LogP contribution in [0.25, 0.3) is 0 Å². The second kappa shape index (κ2) is 5.30. The Balaban J connectivity index is 2.75. The Morgan fingerprint density at radius 1 is 1.38 bits per heavy atom. The molecule has 0 amide bonds. The number of carbonyl (C=O) groups is 1. The van der Waals surface area contributed by atoms with Gasteiger partial charge in [-0.05, 0) is 31.2 Å². The molecule has 6 heteroatoms. The van der Waals surface area contributed by atoms with Crippen LogP contribution in [-0.2, 0) is 4.65 Å². The van der Waals surface area contributed by atoms with Crippen molar-refractivity contribution in [1.82, 2.24) is 0 Å². The molecule has 84 valence electrons. The molecule has 0 spiro atoms. The quantitative estimate of drug-likeness (QED) is 0.371. The van der Waals surface area contributed by atoms with Crippen LogP contribution in [0.2, 0.25) is 0 Å². The van der Waals surface area contributed by atoms with Gasteiger partial charge in [0.25, 0.3) is 0 Å². The number of aromatic hydroxyl groups is 1. The summed E-state index contributed by atoms with van der Waals surface area (Å²) in [6.45, 7) is 1.27. The lowest BCUT2D eigenvalue weighted by molar-refractivity contribution is 0.104. The fraction of sp³-hybridized carbons (Fsp3) is 0.100. The van der Waals surface area contributed by atoms with Gasteiger partial charge in [-0.1, -0.05) is 0 Å². The summed E-state index contributed by atoms with van der Waals surface area (Å²) in [5, 5.41) is 8.99. The lowest BCUT2D eigenvalue weighted by Crippen LogP contribution is -2.04. The second-order valence-corrected chi connectivity index (χ2v) is 3.04. The van der Waals surface area contributed by atoms with Crippen LogP contribution in [0, 0.1) is 0 Å². The van der Waals surface area contributed by atoms with E-state index >= 15 is 0 Å². The first-order chi connectivity index (χ1) is 7.49. The molecular weight excluding hydrogens is 217 g/mol. The zero-order chi connectivity index (χ0) is 12.1. The molecule has 16 heavy (non-hydrogen) atoms. The monoisotopic (exact) mass is 226 g/mol. The predicted octanol–water partition coefficient (Wildman–Crippen LogP) is 2.42. The van der Waals surface area contributed by atoms with Crippen LogP contribution in [0.3, 0.4) is 0 Å². The molecular formula is C10H9BF2O3. The summed E-state index contributed by atoms with van der Waals surface area (Å²) in [6, 6.07) is 5.46. The van der Waals surface area contributed by atoms with Gasteiger partial charge in [0, 0.05) is 11.6 Å². The number of allylic oxidation sites excluding steroid dienone is 2. The van der Waals surface area contributed by atoms with E-state index in [1.54, 1.807) is 0 Å². The van der Waals surface area contributed by atoms with E-state index in [-0.39, 0.29) is 17.1 Å². The molecule has 0 atom stereocenters. The number of rotatable bonds is 4. The predicted molar refractivity (Wildman–Crippen MR) is 55.2 cm³/mol. The van der Waals surface area contributed by atoms with E-state index in [0.717, 1.165) is 6.08 Å². The van der Waals surface area contributed by atoms with Crippen LogP contribution in [0.5, 0.6) is 5.75 Å². The third kappa shape index (κ3) is 3.72. The van der Waals surface area contributed by atoms with Gasteiger partial charge in [-0.25, -0.2) is 8.63 Å². The van der Waals surface area contributed by atoms with E-state index in [1.807, 2.05) is 0 Å². The van der Waals surface area contributed by atoms with Crippen molar-refractivity contribution in [3.05, 3.63) is 41.7 Å². The van der Waals surface area contributed by atoms with Gasteiger partial charge in [-0.15, -0.1) is 0 Å². The molecule has 1 aromatic rings. The van der Waals surface area contributed by atoms with Gasteiger partial charge >= 0.3 is 7.47 Å². The molecule has 1 aromatic carbocycles. The lowest BCUT2D eigenvalue weighted by Gasteiger charge is -2.01. The van der Waals surface area contributed by atoms with Crippen LogP contribution in [0.15, 0.2) is 36.1 Å². The Hall–Kier alpha value is -1.85. The maximum Gasteiger partial charge on any atom is 0.796 e. The van der Waals surface area contributed by atoms with Crippen molar-refractivity contribution < 1.29 is 23.2 Å². The first-order valence-corrected chi connectivity index (χ1v) is 4.45. The maximum absolute atomic E-state index is 11.8. The fourth-order valence-electron chi connectivity index (χ4n) is 1.07. The van der Waals surface area contributed by atoms with E-state index in [0.29, 0.717) is 0 Å². The van der Waals surface area contributed by atoms with Gasteiger partial charge in [-0.2, -0.15) is 0 Å². The average Bonchev–Trinajstić information content (AvgIpc) is 2.16. The molecule has 1 N–H and O–H groups in total. The molecule has 0 radical (unpaired) electrons. The molecule has 0 aliphatic rings. The SMILES string of the molecule is C/C(=C/C(=O)c1ccc(O)cc1)OB(F)F. The zero-order valence-corrected chi connectivity index (χ0v) is 8.48. The summed E-state index contributed by atoms with van der Waals surface area (Å²) in [5.74, 6) is -0.590. The highest BCUT2D eigenvalue weighted by Gasteiger charge is 2.17. The van der Waals surface area contributed by atoms with E-state index in [2.05, 4.69) is 4.65 Å². The third-order valence-corrected chi connectivity index (χ3v) is 1.76. The molecule has 0 aliphatic heterocycles. The summed E-state index contributed by atoms with van der Waals surface area (Å²) in [6.07, 6.45) is 0.971. The molecule has 3 nitrogen and oxygen atoms in total. The van der Waals surface area contributed by atoms with Gasteiger partial charge in [0.05, 0.1) is 5.76 Å². The average molecular weight is 226 g/mol. The molecule has 0 saturated carbocycles. The van der Waals surface area contributed by atoms with Crippen LogP contribution >= 0.6 is 0 Å². The van der Waals surface area contributed by atoms with Crippen LogP contribution in [0.1, 0.15) is 17.3 Å². The smallest absolute Gasteiger partial charge is 0.509 e. The summed E-state index contributed by atoms with van der Waals surface area (Å²) < 4.78 is 27.6. The Labute approximate surface area is 91.6 Å². The molecule has 0 aliphatic carbocycles. The van der Waals surface area contributed by atoms with Gasteiger partial charge in [-0.3, -0.25) is 4.79 Å². The van der Waals surface area contributed by atoms with Crippen molar-refractivity contribution in [1.29, 1.82) is 0 Å².